The molecule has 2 unspecified atom stereocenters. The Morgan fingerprint density at radius 1 is 1.50 bits per heavy atom. The summed E-state index contributed by atoms with van der Waals surface area (Å²) < 4.78 is 0. The van der Waals surface area contributed by atoms with Gasteiger partial charge in [0.25, 0.3) is 0 Å². The summed E-state index contributed by atoms with van der Waals surface area (Å²) in [6, 6.07) is 0.149. The molecule has 12 heavy (non-hydrogen) atoms. The molecular weight excluding hydrogens is 154 g/mol. The predicted octanol–water partition coefficient (Wildman–Crippen LogP) is 0.0321. The van der Waals surface area contributed by atoms with Gasteiger partial charge in [-0.2, -0.15) is 0 Å². The summed E-state index contributed by atoms with van der Waals surface area (Å²) in [5, 5.41) is 8.97. The first kappa shape index (κ1) is 8.20. The highest BCUT2D eigenvalue weighted by Crippen LogP contribution is 2.27. The molecule has 0 saturated carbocycles. The van der Waals surface area contributed by atoms with Gasteiger partial charge in [0.1, 0.15) is 0 Å². The summed E-state index contributed by atoms with van der Waals surface area (Å²) in [5.41, 5.74) is 0. The Morgan fingerprint density at radius 2 is 2.33 bits per heavy atom. The van der Waals surface area contributed by atoms with Gasteiger partial charge in [-0.25, -0.2) is 0 Å². The Morgan fingerprint density at radius 3 is 3.08 bits per heavy atom. The first-order valence-corrected chi connectivity index (χ1v) is 4.69. The maximum atomic E-state index is 11.3. The van der Waals surface area contributed by atoms with Gasteiger partial charge in [-0.05, 0) is 25.3 Å². The van der Waals surface area contributed by atoms with Crippen LogP contribution in [0.5, 0.6) is 0 Å². The number of carbonyl (C=O) groups excluding carboxylic acids is 1. The van der Waals surface area contributed by atoms with Crippen molar-refractivity contribution in [3.05, 3.63) is 0 Å². The molecule has 2 heterocycles. The zero-order valence-electron chi connectivity index (χ0n) is 7.20. The third-order valence-corrected chi connectivity index (χ3v) is 3.10. The molecule has 2 saturated heterocycles. The van der Waals surface area contributed by atoms with E-state index in [9.17, 15) is 4.79 Å². The Bertz CT molecular complexity index is 193. The summed E-state index contributed by atoms with van der Waals surface area (Å²) in [5.74, 6) is 0.751. The monoisotopic (exact) mass is 169 g/mol. The summed E-state index contributed by atoms with van der Waals surface area (Å²) in [7, 11) is 0. The van der Waals surface area contributed by atoms with Crippen molar-refractivity contribution < 1.29 is 9.90 Å². The topological polar surface area (TPSA) is 40.5 Å². The second-order valence-corrected chi connectivity index (χ2v) is 3.84. The lowest BCUT2D eigenvalue weighted by molar-refractivity contribution is -0.121. The number of nitrogens with zero attached hydrogens (tertiary/aromatic N) is 1. The number of aliphatic hydroxyl groups excluding tert-OH is 1. The minimum absolute atomic E-state index is 0.149. The first-order chi connectivity index (χ1) is 5.81. The van der Waals surface area contributed by atoms with E-state index >= 15 is 0 Å². The zero-order chi connectivity index (χ0) is 8.55. The average molecular weight is 169 g/mol. The number of hydrogen-bond donors (Lipinski definition) is 1. The van der Waals surface area contributed by atoms with E-state index in [1.165, 1.54) is 0 Å². The lowest BCUT2D eigenvalue weighted by atomic mass is 9.91. The molecule has 2 rings (SSSR count). The molecule has 0 aromatic rings. The Labute approximate surface area is 72.4 Å². The Hall–Kier alpha value is -0.410. The van der Waals surface area contributed by atoms with Crippen LogP contribution in [0.3, 0.4) is 0 Å². The SMILES string of the molecule is O=C1CCN2CCC(CO)CC12. The first-order valence-electron chi connectivity index (χ1n) is 4.69. The molecule has 2 aliphatic rings. The van der Waals surface area contributed by atoms with Gasteiger partial charge >= 0.3 is 0 Å². The maximum Gasteiger partial charge on any atom is 0.151 e. The van der Waals surface area contributed by atoms with E-state index in [2.05, 4.69) is 4.90 Å². The van der Waals surface area contributed by atoms with Crippen molar-refractivity contribution in [2.45, 2.75) is 25.3 Å². The molecule has 2 fully saturated rings. The largest absolute Gasteiger partial charge is 0.396 e. The molecular formula is C9H15NO2. The van der Waals surface area contributed by atoms with Crippen LogP contribution in [0.4, 0.5) is 0 Å². The smallest absolute Gasteiger partial charge is 0.151 e. The van der Waals surface area contributed by atoms with Gasteiger partial charge in [0.05, 0.1) is 6.04 Å². The highest BCUT2D eigenvalue weighted by atomic mass is 16.3. The van der Waals surface area contributed by atoms with Gasteiger partial charge < -0.3 is 5.11 Å². The number of piperidine rings is 1. The van der Waals surface area contributed by atoms with Gasteiger partial charge in [-0.15, -0.1) is 0 Å². The number of fused-ring (bicyclic) bond motifs is 1. The zero-order valence-corrected chi connectivity index (χ0v) is 7.20. The Balaban J connectivity index is 2.01. The lowest BCUT2D eigenvalue weighted by Crippen LogP contribution is -2.41. The van der Waals surface area contributed by atoms with E-state index in [-0.39, 0.29) is 12.6 Å². The second-order valence-electron chi connectivity index (χ2n) is 3.84. The maximum absolute atomic E-state index is 11.3. The number of aliphatic hydroxyl groups is 1. The van der Waals surface area contributed by atoms with Gasteiger partial charge in [-0.3, -0.25) is 9.69 Å². The van der Waals surface area contributed by atoms with E-state index in [0.717, 1.165) is 32.4 Å². The molecule has 3 nitrogen and oxygen atoms in total. The molecule has 2 aliphatic heterocycles. The molecule has 0 aromatic heterocycles. The van der Waals surface area contributed by atoms with E-state index < -0.39 is 0 Å². The fraction of sp³-hybridized carbons (Fsp3) is 0.889. The summed E-state index contributed by atoms with van der Waals surface area (Å²) in [6.45, 7) is 2.20. The molecule has 1 N–H and O–H groups in total. The number of rotatable bonds is 1. The van der Waals surface area contributed by atoms with Crippen LogP contribution in [0.15, 0.2) is 0 Å². The highest BCUT2D eigenvalue weighted by Gasteiger charge is 2.36. The molecule has 0 spiro atoms. The van der Waals surface area contributed by atoms with E-state index in [4.69, 9.17) is 5.11 Å². The van der Waals surface area contributed by atoms with Crippen LogP contribution in [-0.2, 0) is 4.79 Å². The molecule has 0 aliphatic carbocycles. The third-order valence-electron chi connectivity index (χ3n) is 3.10. The van der Waals surface area contributed by atoms with Crippen LogP contribution in [0, 0.1) is 5.92 Å². The van der Waals surface area contributed by atoms with Crippen LogP contribution in [0.1, 0.15) is 19.3 Å². The normalized spacial score (nSPS) is 36.9. The summed E-state index contributed by atoms with van der Waals surface area (Å²) in [4.78, 5) is 13.6. The second kappa shape index (κ2) is 3.15. The van der Waals surface area contributed by atoms with Crippen molar-refractivity contribution >= 4 is 5.78 Å². The molecule has 0 radical (unpaired) electrons. The highest BCUT2D eigenvalue weighted by molar-refractivity contribution is 5.86. The summed E-state index contributed by atoms with van der Waals surface area (Å²) in [6.07, 6.45) is 2.67. The number of hydrogen-bond acceptors (Lipinski definition) is 3. The Kier molecular flexibility index (Phi) is 2.15. The van der Waals surface area contributed by atoms with Gasteiger partial charge in [0, 0.05) is 19.6 Å². The van der Waals surface area contributed by atoms with Crippen LogP contribution >= 0.6 is 0 Å². The number of ketones is 1. The van der Waals surface area contributed by atoms with Gasteiger partial charge in [0.15, 0.2) is 5.78 Å². The van der Waals surface area contributed by atoms with Crippen molar-refractivity contribution in [2.24, 2.45) is 5.92 Å². The van der Waals surface area contributed by atoms with Crippen molar-refractivity contribution in [1.29, 1.82) is 0 Å². The average Bonchev–Trinajstić information content (AvgIpc) is 2.47. The van der Waals surface area contributed by atoms with Crippen LogP contribution in [0.25, 0.3) is 0 Å². The van der Waals surface area contributed by atoms with E-state index in [1.807, 2.05) is 0 Å². The molecule has 68 valence electrons. The number of carbonyl (C=O) groups is 1. The van der Waals surface area contributed by atoms with Gasteiger partial charge in [0.2, 0.25) is 0 Å². The molecule has 0 bridgehead atoms. The molecule has 0 aromatic carbocycles. The minimum Gasteiger partial charge on any atom is -0.396 e. The van der Waals surface area contributed by atoms with Gasteiger partial charge in [-0.1, -0.05) is 0 Å². The third kappa shape index (κ3) is 1.27. The summed E-state index contributed by atoms with van der Waals surface area (Å²) >= 11 is 0. The van der Waals surface area contributed by atoms with Crippen LogP contribution in [0.2, 0.25) is 0 Å². The predicted molar refractivity (Wildman–Crippen MR) is 44.8 cm³/mol. The molecule has 2 atom stereocenters. The van der Waals surface area contributed by atoms with Crippen LogP contribution in [-0.4, -0.2) is 41.5 Å². The van der Waals surface area contributed by atoms with E-state index in [0.29, 0.717) is 11.7 Å². The quantitative estimate of drug-likeness (QED) is 0.602. The molecule has 0 amide bonds. The van der Waals surface area contributed by atoms with E-state index in [1.54, 1.807) is 0 Å². The molecule has 3 heteroatoms. The van der Waals surface area contributed by atoms with Crippen molar-refractivity contribution in [2.75, 3.05) is 19.7 Å². The van der Waals surface area contributed by atoms with Crippen molar-refractivity contribution in [3.8, 4) is 0 Å². The van der Waals surface area contributed by atoms with Crippen LogP contribution < -0.4 is 0 Å². The van der Waals surface area contributed by atoms with Crippen molar-refractivity contribution in [1.82, 2.24) is 4.90 Å². The number of Topliss-reactive ketones (excluding diaryl/α,β-unsaturated/α-hetero) is 1. The lowest BCUT2D eigenvalue weighted by Gasteiger charge is -2.32. The standard InChI is InChI=1S/C9H15NO2/c11-6-7-1-3-10-4-2-9(12)8(10)5-7/h7-8,11H,1-6H2. The minimum atomic E-state index is 0.149. The van der Waals surface area contributed by atoms with Crippen molar-refractivity contribution in [3.63, 3.8) is 0 Å². The fourth-order valence-electron chi connectivity index (χ4n) is 2.28. The fourth-order valence-corrected chi connectivity index (χ4v) is 2.28.